The smallest absolute Gasteiger partial charge is 0.269 e. The molecule has 0 fully saturated rings. The highest BCUT2D eigenvalue weighted by Crippen LogP contribution is 2.24. The SMILES string of the molecule is CN(C(=O)CSc1ccc([N+](=O)[O-])cc1)c1ccc2ccccc2c1. The number of thioether (sulfide) groups is 1. The third kappa shape index (κ3) is 3.97. The zero-order chi connectivity index (χ0) is 17.8. The third-order valence-electron chi connectivity index (χ3n) is 3.90. The Bertz CT molecular complexity index is 925. The normalized spacial score (nSPS) is 10.6. The van der Waals surface area contributed by atoms with Crippen molar-refractivity contribution < 1.29 is 9.72 Å². The van der Waals surface area contributed by atoms with Crippen LogP contribution in [0.4, 0.5) is 11.4 Å². The largest absolute Gasteiger partial charge is 0.315 e. The van der Waals surface area contributed by atoms with Gasteiger partial charge in [-0.1, -0.05) is 30.3 Å². The van der Waals surface area contributed by atoms with E-state index in [-0.39, 0.29) is 17.3 Å². The molecule has 0 atom stereocenters. The standard InChI is InChI=1S/C19H16N2O3S/c1-20(17-7-6-14-4-2-3-5-15(14)12-17)19(22)13-25-18-10-8-16(9-11-18)21(23)24/h2-12H,13H2,1H3. The van der Waals surface area contributed by atoms with Crippen LogP contribution >= 0.6 is 11.8 Å². The summed E-state index contributed by atoms with van der Waals surface area (Å²) in [4.78, 5) is 25.1. The lowest BCUT2D eigenvalue weighted by Gasteiger charge is -2.17. The lowest BCUT2D eigenvalue weighted by Crippen LogP contribution is -2.27. The molecule has 0 bridgehead atoms. The van der Waals surface area contributed by atoms with Crippen molar-refractivity contribution in [3.8, 4) is 0 Å². The molecule has 5 nitrogen and oxygen atoms in total. The number of hydrogen-bond donors (Lipinski definition) is 0. The van der Waals surface area contributed by atoms with Crippen LogP contribution in [0.2, 0.25) is 0 Å². The van der Waals surface area contributed by atoms with Crippen molar-refractivity contribution in [1.29, 1.82) is 0 Å². The molecule has 1 amide bonds. The first-order chi connectivity index (χ1) is 12.0. The highest BCUT2D eigenvalue weighted by molar-refractivity contribution is 8.00. The van der Waals surface area contributed by atoms with E-state index in [9.17, 15) is 14.9 Å². The number of anilines is 1. The van der Waals surface area contributed by atoms with Crippen molar-refractivity contribution in [2.24, 2.45) is 0 Å². The lowest BCUT2D eigenvalue weighted by molar-refractivity contribution is -0.384. The molecule has 0 aromatic heterocycles. The van der Waals surface area contributed by atoms with E-state index >= 15 is 0 Å². The zero-order valence-corrected chi connectivity index (χ0v) is 14.4. The molecule has 6 heteroatoms. The Kier molecular flexibility index (Phi) is 5.00. The Balaban J connectivity index is 1.66. The second kappa shape index (κ2) is 7.36. The molecule has 126 valence electrons. The van der Waals surface area contributed by atoms with Crippen LogP contribution in [0, 0.1) is 10.1 Å². The second-order valence-corrected chi connectivity index (χ2v) is 6.57. The van der Waals surface area contributed by atoms with Crippen LogP contribution in [0.5, 0.6) is 0 Å². The fourth-order valence-electron chi connectivity index (χ4n) is 2.44. The van der Waals surface area contributed by atoms with E-state index in [2.05, 4.69) is 0 Å². The average molecular weight is 352 g/mol. The van der Waals surface area contributed by atoms with Gasteiger partial charge in [0.25, 0.3) is 5.69 Å². The topological polar surface area (TPSA) is 63.5 Å². The van der Waals surface area contributed by atoms with Crippen LogP contribution in [0.3, 0.4) is 0 Å². The molecule has 25 heavy (non-hydrogen) atoms. The Morgan fingerprint density at radius 2 is 1.72 bits per heavy atom. The number of hydrogen-bond acceptors (Lipinski definition) is 4. The molecular formula is C19H16N2O3S. The zero-order valence-electron chi connectivity index (χ0n) is 13.6. The molecule has 0 aliphatic carbocycles. The number of non-ortho nitro benzene ring substituents is 1. The van der Waals surface area contributed by atoms with Crippen molar-refractivity contribution in [2.75, 3.05) is 17.7 Å². The predicted octanol–water partition coefficient (Wildman–Crippen LogP) is 4.50. The summed E-state index contributed by atoms with van der Waals surface area (Å²) in [5.74, 6) is 0.236. The molecule has 3 rings (SSSR count). The van der Waals surface area contributed by atoms with Crippen LogP contribution < -0.4 is 4.90 Å². The van der Waals surface area contributed by atoms with Gasteiger partial charge in [0.1, 0.15) is 0 Å². The fraction of sp³-hybridized carbons (Fsp3) is 0.105. The second-order valence-electron chi connectivity index (χ2n) is 5.52. The van der Waals surface area contributed by atoms with Gasteiger partial charge in [0.2, 0.25) is 5.91 Å². The van der Waals surface area contributed by atoms with Crippen molar-refractivity contribution >= 4 is 39.8 Å². The third-order valence-corrected chi connectivity index (χ3v) is 4.90. The molecule has 0 saturated carbocycles. The number of nitro benzene ring substituents is 1. The summed E-state index contributed by atoms with van der Waals surface area (Å²) in [6, 6.07) is 20.1. The lowest BCUT2D eigenvalue weighted by atomic mass is 10.1. The molecule has 0 aliphatic heterocycles. The molecular weight excluding hydrogens is 336 g/mol. The van der Waals surface area contributed by atoms with Crippen molar-refractivity contribution in [3.05, 3.63) is 76.8 Å². The van der Waals surface area contributed by atoms with E-state index in [4.69, 9.17) is 0 Å². The van der Waals surface area contributed by atoms with Gasteiger partial charge in [0.15, 0.2) is 0 Å². The van der Waals surface area contributed by atoms with E-state index in [1.54, 1.807) is 24.1 Å². The van der Waals surface area contributed by atoms with Crippen LogP contribution in [0.1, 0.15) is 0 Å². The van der Waals surface area contributed by atoms with Crippen molar-refractivity contribution in [1.82, 2.24) is 0 Å². The summed E-state index contributed by atoms with van der Waals surface area (Å²) < 4.78 is 0. The number of fused-ring (bicyclic) bond motifs is 1. The van der Waals surface area contributed by atoms with Gasteiger partial charge in [-0.15, -0.1) is 11.8 Å². The minimum absolute atomic E-state index is 0.0290. The summed E-state index contributed by atoms with van der Waals surface area (Å²) in [6.07, 6.45) is 0. The minimum atomic E-state index is -0.437. The molecule has 0 spiro atoms. The number of amides is 1. The molecule has 0 radical (unpaired) electrons. The summed E-state index contributed by atoms with van der Waals surface area (Å²) in [7, 11) is 1.75. The molecule has 0 saturated heterocycles. The highest BCUT2D eigenvalue weighted by Gasteiger charge is 2.12. The number of nitrogens with zero attached hydrogens (tertiary/aromatic N) is 2. The monoisotopic (exact) mass is 352 g/mol. The van der Waals surface area contributed by atoms with Gasteiger partial charge in [0.05, 0.1) is 10.7 Å². The number of carbonyl (C=O) groups is 1. The van der Waals surface area contributed by atoms with Crippen molar-refractivity contribution in [3.63, 3.8) is 0 Å². The molecule has 0 aliphatic rings. The van der Waals surface area contributed by atoms with E-state index in [0.29, 0.717) is 0 Å². The van der Waals surface area contributed by atoms with E-state index in [0.717, 1.165) is 21.4 Å². The van der Waals surface area contributed by atoms with Crippen LogP contribution in [0.15, 0.2) is 71.6 Å². The van der Waals surface area contributed by atoms with Gasteiger partial charge < -0.3 is 4.90 Å². The number of rotatable bonds is 5. The summed E-state index contributed by atoms with van der Waals surface area (Å²) in [5.41, 5.74) is 0.886. The number of benzene rings is 3. The molecule has 3 aromatic carbocycles. The van der Waals surface area contributed by atoms with Gasteiger partial charge in [-0.2, -0.15) is 0 Å². The summed E-state index contributed by atoms with van der Waals surface area (Å²) >= 11 is 1.36. The van der Waals surface area contributed by atoms with Gasteiger partial charge in [-0.3, -0.25) is 14.9 Å². The molecule has 0 heterocycles. The quantitative estimate of drug-likeness (QED) is 0.385. The number of carbonyl (C=O) groups excluding carboxylic acids is 1. The van der Waals surface area contributed by atoms with Crippen molar-refractivity contribution in [2.45, 2.75) is 4.90 Å². The number of nitro groups is 1. The van der Waals surface area contributed by atoms with Crippen LogP contribution in [-0.4, -0.2) is 23.6 Å². The first kappa shape index (κ1) is 17.0. The Morgan fingerprint density at radius 3 is 2.40 bits per heavy atom. The maximum absolute atomic E-state index is 12.4. The van der Waals surface area contributed by atoms with E-state index in [1.165, 1.54) is 23.9 Å². The van der Waals surface area contributed by atoms with Gasteiger partial charge in [-0.05, 0) is 35.0 Å². The average Bonchev–Trinajstić information content (AvgIpc) is 2.65. The maximum Gasteiger partial charge on any atom is 0.269 e. The molecule has 0 unspecified atom stereocenters. The summed E-state index contributed by atoms with van der Waals surface area (Å²) in [6.45, 7) is 0. The minimum Gasteiger partial charge on any atom is -0.315 e. The Morgan fingerprint density at radius 1 is 1.04 bits per heavy atom. The predicted molar refractivity (Wildman–Crippen MR) is 101 cm³/mol. The first-order valence-corrected chi connectivity index (χ1v) is 8.66. The van der Waals surface area contributed by atoms with Gasteiger partial charge in [0, 0.05) is 29.8 Å². The van der Waals surface area contributed by atoms with E-state index < -0.39 is 4.92 Å². The molecule has 3 aromatic rings. The van der Waals surface area contributed by atoms with Gasteiger partial charge in [-0.25, -0.2) is 0 Å². The first-order valence-electron chi connectivity index (χ1n) is 7.67. The maximum atomic E-state index is 12.4. The Labute approximate surface area is 149 Å². The van der Waals surface area contributed by atoms with Gasteiger partial charge >= 0.3 is 0 Å². The fourth-order valence-corrected chi connectivity index (χ4v) is 3.25. The summed E-state index contributed by atoms with van der Waals surface area (Å²) in [5, 5.41) is 12.9. The van der Waals surface area contributed by atoms with Crippen LogP contribution in [-0.2, 0) is 4.79 Å². The van der Waals surface area contributed by atoms with E-state index in [1.807, 2.05) is 42.5 Å². The van der Waals surface area contributed by atoms with Crippen LogP contribution in [0.25, 0.3) is 10.8 Å². The Hall–Kier alpha value is -2.86. The molecule has 0 N–H and O–H groups in total. The highest BCUT2D eigenvalue weighted by atomic mass is 32.2.